The monoisotopic (exact) mass is 401 g/mol. The number of oxazole rings is 1. The molecule has 2 aromatic rings. The van der Waals surface area contributed by atoms with E-state index in [2.05, 4.69) is 37.8 Å². The number of nitrogens with zero attached hydrogens (tertiary/aromatic N) is 2. The van der Waals surface area contributed by atoms with E-state index in [9.17, 15) is 0 Å². The lowest BCUT2D eigenvalue weighted by atomic mass is 9.87. The summed E-state index contributed by atoms with van der Waals surface area (Å²) in [4.78, 5) is 6.97. The molecule has 0 saturated carbocycles. The molecule has 2 saturated heterocycles. The fourth-order valence-electron chi connectivity index (χ4n) is 3.85. The third-order valence-corrected chi connectivity index (χ3v) is 5.43. The first-order chi connectivity index (χ1) is 11.3. The first kappa shape index (κ1) is 21.3. The number of anilines is 1. The molecule has 0 aliphatic carbocycles. The van der Waals surface area contributed by atoms with Crippen LogP contribution in [0.15, 0.2) is 22.6 Å². The van der Waals surface area contributed by atoms with Crippen LogP contribution in [0.5, 0.6) is 0 Å². The first-order valence-electron chi connectivity index (χ1n) is 8.90. The number of ether oxygens (including phenoxy) is 1. The van der Waals surface area contributed by atoms with Crippen molar-refractivity contribution >= 4 is 41.9 Å². The minimum Gasteiger partial charge on any atom is -0.423 e. The Morgan fingerprint density at radius 2 is 1.88 bits per heavy atom. The molecule has 1 aromatic heterocycles. The van der Waals surface area contributed by atoms with Gasteiger partial charge in [0, 0.05) is 19.1 Å². The molecular formula is C19H29Cl2N3O2. The molecule has 146 valence electrons. The molecule has 3 heterocycles. The minimum absolute atomic E-state index is 0. The molecule has 5 nitrogen and oxygen atoms in total. The maximum atomic E-state index is 6.02. The van der Waals surface area contributed by atoms with Gasteiger partial charge in [0.25, 0.3) is 6.01 Å². The van der Waals surface area contributed by atoms with Gasteiger partial charge in [-0.15, -0.1) is 24.8 Å². The summed E-state index contributed by atoms with van der Waals surface area (Å²) in [6, 6.07) is 7.24. The van der Waals surface area contributed by atoms with E-state index in [1.165, 1.54) is 5.56 Å². The molecule has 2 aliphatic rings. The Labute approximate surface area is 167 Å². The van der Waals surface area contributed by atoms with Crippen molar-refractivity contribution in [2.45, 2.75) is 57.1 Å². The van der Waals surface area contributed by atoms with E-state index in [4.69, 9.17) is 19.9 Å². The van der Waals surface area contributed by atoms with Gasteiger partial charge in [0.05, 0.1) is 12.2 Å². The standard InChI is InChI=1S/C19H27N3O2.2ClH/c1-18(2,3)13-4-5-16-15(10-13)21-17(24-16)22-8-6-19(7-9-22)11-14(20)12-23-19;;/h4-5,10,14H,6-9,11-12,20H2,1-3H3;2*1H. The van der Waals surface area contributed by atoms with Gasteiger partial charge in [0.15, 0.2) is 5.58 Å². The van der Waals surface area contributed by atoms with E-state index < -0.39 is 0 Å². The Morgan fingerprint density at radius 3 is 2.46 bits per heavy atom. The SMILES string of the molecule is CC(C)(C)c1ccc2oc(N3CCC4(CC3)CC(N)CO4)nc2c1.Cl.Cl. The number of piperidine rings is 1. The number of hydrogen-bond donors (Lipinski definition) is 1. The van der Waals surface area contributed by atoms with Crippen molar-refractivity contribution in [3.8, 4) is 0 Å². The van der Waals surface area contributed by atoms with Crippen molar-refractivity contribution in [1.29, 1.82) is 0 Å². The summed E-state index contributed by atoms with van der Waals surface area (Å²) in [7, 11) is 0. The molecule has 0 radical (unpaired) electrons. The molecule has 1 aromatic carbocycles. The van der Waals surface area contributed by atoms with E-state index in [0.29, 0.717) is 6.61 Å². The summed E-state index contributed by atoms with van der Waals surface area (Å²) in [6.07, 6.45) is 2.96. The molecule has 2 aliphatic heterocycles. The maximum Gasteiger partial charge on any atom is 0.298 e. The fraction of sp³-hybridized carbons (Fsp3) is 0.632. The predicted octanol–water partition coefficient (Wildman–Crippen LogP) is 4.06. The summed E-state index contributed by atoms with van der Waals surface area (Å²) in [5.41, 5.74) is 9.20. The average molecular weight is 402 g/mol. The zero-order chi connectivity index (χ0) is 16.9. The Morgan fingerprint density at radius 1 is 1.19 bits per heavy atom. The molecule has 2 fully saturated rings. The Kier molecular flexibility index (Phi) is 6.18. The quantitative estimate of drug-likeness (QED) is 0.780. The number of benzene rings is 1. The highest BCUT2D eigenvalue weighted by Gasteiger charge is 2.42. The van der Waals surface area contributed by atoms with Gasteiger partial charge in [-0.25, -0.2) is 0 Å². The topological polar surface area (TPSA) is 64.5 Å². The molecule has 7 heteroatoms. The number of halogens is 2. The Bertz CT molecular complexity index is 749. The Hall–Kier alpha value is -1.01. The highest BCUT2D eigenvalue weighted by Crippen LogP contribution is 2.37. The summed E-state index contributed by atoms with van der Waals surface area (Å²) in [5.74, 6) is 0. The highest BCUT2D eigenvalue weighted by atomic mass is 35.5. The summed E-state index contributed by atoms with van der Waals surface area (Å²) >= 11 is 0. The third-order valence-electron chi connectivity index (χ3n) is 5.43. The highest BCUT2D eigenvalue weighted by molar-refractivity contribution is 5.85. The number of rotatable bonds is 1. The first-order valence-corrected chi connectivity index (χ1v) is 8.90. The van der Waals surface area contributed by atoms with Crippen LogP contribution in [0, 0.1) is 0 Å². The van der Waals surface area contributed by atoms with Gasteiger partial charge in [-0.05, 0) is 42.4 Å². The van der Waals surface area contributed by atoms with Crippen LogP contribution in [-0.4, -0.2) is 36.3 Å². The van der Waals surface area contributed by atoms with Crippen LogP contribution >= 0.6 is 24.8 Å². The lowest BCUT2D eigenvalue weighted by molar-refractivity contribution is -0.0153. The van der Waals surface area contributed by atoms with E-state index in [0.717, 1.165) is 49.5 Å². The van der Waals surface area contributed by atoms with E-state index in [-0.39, 0.29) is 41.9 Å². The minimum atomic E-state index is -0.0126. The van der Waals surface area contributed by atoms with Crippen LogP contribution < -0.4 is 10.6 Å². The second kappa shape index (κ2) is 7.55. The van der Waals surface area contributed by atoms with Gasteiger partial charge in [-0.3, -0.25) is 0 Å². The van der Waals surface area contributed by atoms with Crippen LogP contribution in [0.1, 0.15) is 45.6 Å². The van der Waals surface area contributed by atoms with Gasteiger partial charge < -0.3 is 19.8 Å². The Balaban J connectivity index is 0.00000121. The van der Waals surface area contributed by atoms with Crippen molar-refractivity contribution in [2.75, 3.05) is 24.6 Å². The molecule has 0 bridgehead atoms. The number of nitrogens with two attached hydrogens (primary N) is 1. The smallest absolute Gasteiger partial charge is 0.298 e. The van der Waals surface area contributed by atoms with Gasteiger partial charge in [-0.1, -0.05) is 26.8 Å². The van der Waals surface area contributed by atoms with Crippen molar-refractivity contribution in [1.82, 2.24) is 4.98 Å². The van der Waals surface area contributed by atoms with Gasteiger partial charge in [0.1, 0.15) is 5.52 Å². The van der Waals surface area contributed by atoms with E-state index >= 15 is 0 Å². The lowest BCUT2D eigenvalue weighted by Gasteiger charge is -2.37. The molecule has 4 rings (SSSR count). The molecule has 26 heavy (non-hydrogen) atoms. The lowest BCUT2D eigenvalue weighted by Crippen LogP contribution is -2.44. The van der Waals surface area contributed by atoms with Crippen molar-refractivity contribution < 1.29 is 9.15 Å². The second-order valence-electron chi connectivity index (χ2n) is 8.37. The largest absolute Gasteiger partial charge is 0.423 e. The maximum absolute atomic E-state index is 6.02. The molecule has 0 amide bonds. The van der Waals surface area contributed by atoms with Gasteiger partial charge >= 0.3 is 0 Å². The second-order valence-corrected chi connectivity index (χ2v) is 8.37. The van der Waals surface area contributed by atoms with Crippen LogP contribution in [0.4, 0.5) is 6.01 Å². The summed E-state index contributed by atoms with van der Waals surface area (Å²) in [6.45, 7) is 9.15. The molecule has 2 N–H and O–H groups in total. The van der Waals surface area contributed by atoms with Crippen LogP contribution in [0.25, 0.3) is 11.1 Å². The van der Waals surface area contributed by atoms with E-state index in [1.54, 1.807) is 0 Å². The normalized spacial score (nSPS) is 22.3. The zero-order valence-corrected chi connectivity index (χ0v) is 17.3. The van der Waals surface area contributed by atoms with E-state index in [1.807, 2.05) is 6.07 Å². The summed E-state index contributed by atoms with van der Waals surface area (Å²) < 4.78 is 12.0. The molecular weight excluding hydrogens is 373 g/mol. The fourth-order valence-corrected chi connectivity index (χ4v) is 3.85. The van der Waals surface area contributed by atoms with Gasteiger partial charge in [-0.2, -0.15) is 4.98 Å². The van der Waals surface area contributed by atoms with Crippen molar-refractivity contribution in [3.05, 3.63) is 23.8 Å². The number of aromatic nitrogens is 1. The van der Waals surface area contributed by atoms with Crippen LogP contribution in [-0.2, 0) is 10.2 Å². The van der Waals surface area contributed by atoms with Crippen LogP contribution in [0.3, 0.4) is 0 Å². The number of hydrogen-bond acceptors (Lipinski definition) is 5. The van der Waals surface area contributed by atoms with Crippen LogP contribution in [0.2, 0.25) is 0 Å². The zero-order valence-electron chi connectivity index (χ0n) is 15.7. The van der Waals surface area contributed by atoms with Crippen molar-refractivity contribution in [2.24, 2.45) is 5.73 Å². The predicted molar refractivity (Wildman–Crippen MR) is 110 cm³/mol. The van der Waals surface area contributed by atoms with Gasteiger partial charge in [0.2, 0.25) is 0 Å². The molecule has 1 spiro atoms. The number of fused-ring (bicyclic) bond motifs is 1. The average Bonchev–Trinajstić information content (AvgIpc) is 3.10. The molecule has 1 atom stereocenters. The summed E-state index contributed by atoms with van der Waals surface area (Å²) in [5, 5.41) is 0. The molecule has 1 unspecified atom stereocenters. The third kappa shape index (κ3) is 3.96. The van der Waals surface area contributed by atoms with Crippen molar-refractivity contribution in [3.63, 3.8) is 0 Å².